The Morgan fingerprint density at radius 3 is 2.33 bits per heavy atom. The second-order valence-corrected chi connectivity index (χ2v) is 9.45. The van der Waals surface area contributed by atoms with E-state index in [9.17, 15) is 14.4 Å². The van der Waals surface area contributed by atoms with Crippen LogP contribution in [0.25, 0.3) is 0 Å². The Labute approximate surface area is 193 Å². The molecule has 0 radical (unpaired) electrons. The van der Waals surface area contributed by atoms with Crippen LogP contribution in [0.3, 0.4) is 0 Å². The molecule has 33 heavy (non-hydrogen) atoms. The highest BCUT2D eigenvalue weighted by Crippen LogP contribution is 2.45. The van der Waals surface area contributed by atoms with E-state index < -0.39 is 5.54 Å². The van der Waals surface area contributed by atoms with E-state index in [1.165, 1.54) is 10.5 Å². The van der Waals surface area contributed by atoms with Crippen molar-refractivity contribution in [2.45, 2.75) is 55.5 Å². The molecule has 2 aromatic rings. The summed E-state index contributed by atoms with van der Waals surface area (Å²) in [4.78, 5) is 39.8. The maximum atomic E-state index is 13.0. The molecule has 0 unspecified atom stereocenters. The number of amides is 4. The Bertz CT molecular complexity index is 1070. The van der Waals surface area contributed by atoms with Crippen molar-refractivity contribution in [3.63, 3.8) is 0 Å². The van der Waals surface area contributed by atoms with Crippen molar-refractivity contribution < 1.29 is 19.1 Å². The number of imide groups is 1. The largest absolute Gasteiger partial charge is 0.496 e. The lowest BCUT2D eigenvalue weighted by atomic mass is 9.67. The minimum atomic E-state index is -0.617. The molecule has 3 fully saturated rings. The quantitative estimate of drug-likeness (QED) is 0.665. The van der Waals surface area contributed by atoms with Gasteiger partial charge in [-0.25, -0.2) is 4.79 Å². The summed E-state index contributed by atoms with van der Waals surface area (Å²) in [5, 5.41) is 6.02. The van der Waals surface area contributed by atoms with Crippen LogP contribution < -0.4 is 15.4 Å². The Morgan fingerprint density at radius 1 is 1.03 bits per heavy atom. The van der Waals surface area contributed by atoms with E-state index in [1.807, 2.05) is 30.3 Å². The summed E-state index contributed by atoms with van der Waals surface area (Å²) >= 11 is 0. The number of methoxy groups -OCH3 is 1. The first-order chi connectivity index (χ1) is 16.0. The monoisotopic (exact) mass is 447 g/mol. The van der Waals surface area contributed by atoms with Crippen LogP contribution in [0.2, 0.25) is 0 Å². The van der Waals surface area contributed by atoms with E-state index in [0.717, 1.165) is 25.7 Å². The van der Waals surface area contributed by atoms with Gasteiger partial charge in [0.1, 0.15) is 11.3 Å². The highest BCUT2D eigenvalue weighted by atomic mass is 16.5. The van der Waals surface area contributed by atoms with Crippen LogP contribution in [-0.4, -0.2) is 48.0 Å². The summed E-state index contributed by atoms with van der Waals surface area (Å²) in [5.41, 5.74) is 0.797. The minimum Gasteiger partial charge on any atom is -0.496 e. The van der Waals surface area contributed by atoms with Crippen molar-refractivity contribution >= 4 is 17.8 Å². The van der Waals surface area contributed by atoms with Crippen LogP contribution in [-0.2, 0) is 10.2 Å². The molecule has 0 aromatic heterocycles. The van der Waals surface area contributed by atoms with Crippen LogP contribution >= 0.6 is 0 Å². The van der Waals surface area contributed by atoms with Gasteiger partial charge in [0.2, 0.25) is 0 Å². The molecule has 7 nitrogen and oxygen atoms in total. The zero-order valence-corrected chi connectivity index (χ0v) is 18.8. The smallest absolute Gasteiger partial charge is 0.325 e. The number of nitrogens with zero attached hydrogens (tertiary/aromatic N) is 1. The van der Waals surface area contributed by atoms with Gasteiger partial charge in [-0.15, -0.1) is 0 Å². The fraction of sp³-hybridized carbons (Fsp3) is 0.423. The number of urea groups is 1. The minimum absolute atomic E-state index is 0.0609. The van der Waals surface area contributed by atoms with Crippen molar-refractivity contribution in [1.82, 2.24) is 15.5 Å². The molecule has 4 amide bonds. The highest BCUT2D eigenvalue weighted by molar-refractivity contribution is 6.09. The van der Waals surface area contributed by atoms with Gasteiger partial charge in [-0.05, 0) is 56.2 Å². The lowest BCUT2D eigenvalue weighted by Gasteiger charge is -2.42. The summed E-state index contributed by atoms with van der Waals surface area (Å²) in [6, 6.07) is 17.1. The molecule has 1 spiro atoms. The number of nitrogens with one attached hydrogen (secondary N) is 2. The van der Waals surface area contributed by atoms with E-state index in [2.05, 4.69) is 22.8 Å². The predicted octanol–water partition coefficient (Wildman–Crippen LogP) is 3.39. The van der Waals surface area contributed by atoms with Crippen molar-refractivity contribution in [2.24, 2.45) is 0 Å². The third-order valence-corrected chi connectivity index (χ3v) is 7.55. The number of para-hydroxylation sites is 1. The van der Waals surface area contributed by atoms with Gasteiger partial charge in [0.25, 0.3) is 11.8 Å². The molecule has 172 valence electrons. The lowest BCUT2D eigenvalue weighted by Crippen LogP contribution is -2.49. The molecule has 7 heteroatoms. The molecule has 0 bridgehead atoms. The molecular formula is C26H29N3O4. The number of carbonyl (C=O) groups is 3. The van der Waals surface area contributed by atoms with Gasteiger partial charge >= 0.3 is 6.03 Å². The fourth-order valence-electron chi connectivity index (χ4n) is 5.39. The number of hydrogen-bond acceptors (Lipinski definition) is 4. The van der Waals surface area contributed by atoms with Gasteiger partial charge in [0.15, 0.2) is 0 Å². The number of hydrogen-bond donors (Lipinski definition) is 2. The maximum absolute atomic E-state index is 13.0. The zero-order valence-electron chi connectivity index (χ0n) is 18.8. The van der Waals surface area contributed by atoms with Crippen molar-refractivity contribution in [1.29, 1.82) is 0 Å². The van der Waals surface area contributed by atoms with Gasteiger partial charge in [-0.1, -0.05) is 42.5 Å². The number of benzene rings is 2. The van der Waals surface area contributed by atoms with Crippen molar-refractivity contribution in [3.8, 4) is 5.75 Å². The lowest BCUT2D eigenvalue weighted by molar-refractivity contribution is -0.130. The summed E-state index contributed by atoms with van der Waals surface area (Å²) in [5.74, 6) is 0.309. The molecule has 2 aliphatic carbocycles. The number of carbonyl (C=O) groups excluding carboxylic acids is 3. The molecule has 0 atom stereocenters. The standard InChI is InChI=1S/C26H29N3O4/c1-33-21-10-6-5-9-20(21)22(30)27-17-25(18-7-3-2-4-8-18)13-11-19(12-14-25)29-23(31)26(15-16-26)28-24(29)32/h2-10,19H,11-17H2,1H3,(H,27,30)(H,28,32)/t19-,25-. The second-order valence-electron chi connectivity index (χ2n) is 9.45. The van der Waals surface area contributed by atoms with E-state index in [-0.39, 0.29) is 29.3 Å². The zero-order chi connectivity index (χ0) is 23.1. The first-order valence-electron chi connectivity index (χ1n) is 11.6. The average molecular weight is 448 g/mol. The Kier molecular flexibility index (Phi) is 5.35. The van der Waals surface area contributed by atoms with E-state index in [1.54, 1.807) is 19.2 Å². The van der Waals surface area contributed by atoms with Crippen LogP contribution in [0.5, 0.6) is 5.75 Å². The number of rotatable bonds is 6. The van der Waals surface area contributed by atoms with E-state index in [0.29, 0.717) is 30.7 Å². The van der Waals surface area contributed by atoms with Crippen LogP contribution in [0.1, 0.15) is 54.4 Å². The molecular weight excluding hydrogens is 418 g/mol. The van der Waals surface area contributed by atoms with E-state index >= 15 is 0 Å². The summed E-state index contributed by atoms with van der Waals surface area (Å²) in [6.07, 6.45) is 4.46. The SMILES string of the molecule is COc1ccccc1C(=O)NC[C@]1(c2ccccc2)CC[C@H](N2C(=O)NC3(CC3)C2=O)CC1. The van der Waals surface area contributed by atoms with Gasteiger partial charge < -0.3 is 15.4 Å². The topological polar surface area (TPSA) is 87.7 Å². The first kappa shape index (κ1) is 21.5. The maximum Gasteiger partial charge on any atom is 0.325 e. The summed E-state index contributed by atoms with van der Waals surface area (Å²) in [6.45, 7) is 0.477. The summed E-state index contributed by atoms with van der Waals surface area (Å²) < 4.78 is 5.34. The second kappa shape index (κ2) is 8.21. The van der Waals surface area contributed by atoms with Crippen LogP contribution in [0.4, 0.5) is 4.79 Å². The Balaban J connectivity index is 1.33. The third kappa shape index (κ3) is 3.75. The molecule has 2 aromatic carbocycles. The molecule has 5 rings (SSSR count). The van der Waals surface area contributed by atoms with Crippen molar-refractivity contribution in [2.75, 3.05) is 13.7 Å². The van der Waals surface area contributed by atoms with Gasteiger partial charge in [0.05, 0.1) is 12.7 Å². The Hall–Kier alpha value is -3.35. The van der Waals surface area contributed by atoms with Crippen LogP contribution in [0, 0.1) is 0 Å². The Morgan fingerprint density at radius 2 is 1.70 bits per heavy atom. The first-order valence-corrected chi connectivity index (χ1v) is 11.6. The molecule has 3 aliphatic rings. The van der Waals surface area contributed by atoms with Crippen molar-refractivity contribution in [3.05, 3.63) is 65.7 Å². The van der Waals surface area contributed by atoms with Crippen LogP contribution in [0.15, 0.2) is 54.6 Å². The molecule has 1 saturated heterocycles. The molecule has 1 heterocycles. The van der Waals surface area contributed by atoms with E-state index in [4.69, 9.17) is 4.74 Å². The number of ether oxygens (including phenoxy) is 1. The fourth-order valence-corrected chi connectivity index (χ4v) is 5.39. The van der Waals surface area contributed by atoms with Gasteiger partial charge in [-0.2, -0.15) is 0 Å². The third-order valence-electron chi connectivity index (χ3n) is 7.55. The summed E-state index contributed by atoms with van der Waals surface area (Å²) in [7, 11) is 1.56. The molecule has 2 saturated carbocycles. The molecule has 2 N–H and O–H groups in total. The normalized spacial score (nSPS) is 25.6. The average Bonchev–Trinajstić information content (AvgIpc) is 3.59. The predicted molar refractivity (Wildman–Crippen MR) is 123 cm³/mol. The van der Waals surface area contributed by atoms with Gasteiger partial charge in [0, 0.05) is 18.0 Å². The van der Waals surface area contributed by atoms with Gasteiger partial charge in [-0.3, -0.25) is 14.5 Å². The molecule has 1 aliphatic heterocycles. The highest BCUT2D eigenvalue weighted by Gasteiger charge is 2.61.